The molecule has 0 aliphatic heterocycles. The van der Waals surface area contributed by atoms with Crippen molar-refractivity contribution in [2.75, 3.05) is 7.11 Å². The summed E-state index contributed by atoms with van der Waals surface area (Å²) >= 11 is 0. The lowest BCUT2D eigenvalue weighted by Crippen LogP contribution is -2.14. The topological polar surface area (TPSA) is 143 Å². The van der Waals surface area contributed by atoms with E-state index < -0.39 is 40.6 Å². The van der Waals surface area contributed by atoms with Gasteiger partial charge in [-0.3, -0.25) is 0 Å². The number of benzene rings is 1. The highest BCUT2D eigenvalue weighted by molar-refractivity contribution is 6.20. The van der Waals surface area contributed by atoms with E-state index in [-0.39, 0.29) is 28.6 Å². The molecule has 9 nitrogen and oxygen atoms in total. The number of pyridine rings is 1. The smallest absolute Gasteiger partial charge is 0.340 e. The van der Waals surface area contributed by atoms with E-state index in [2.05, 4.69) is 0 Å². The molecule has 31 heavy (non-hydrogen) atoms. The molecule has 0 bridgehead atoms. The van der Waals surface area contributed by atoms with Gasteiger partial charge in [-0.05, 0) is 18.9 Å². The van der Waals surface area contributed by atoms with Crippen molar-refractivity contribution in [1.29, 1.82) is 0 Å². The summed E-state index contributed by atoms with van der Waals surface area (Å²) in [6.45, 7) is 1.98. The molecule has 0 amide bonds. The molecule has 1 aromatic carbocycles. The summed E-state index contributed by atoms with van der Waals surface area (Å²) in [5.74, 6) is -5.59. The highest BCUT2D eigenvalue weighted by Gasteiger charge is 2.35. The van der Waals surface area contributed by atoms with Crippen molar-refractivity contribution >= 4 is 40.3 Å². The number of methoxy groups -OCH3 is 1. The Morgan fingerprint density at radius 3 is 2.00 bits per heavy atom. The van der Waals surface area contributed by atoms with Gasteiger partial charge < -0.3 is 24.5 Å². The molecule has 162 valence electrons. The minimum absolute atomic E-state index is 0.125. The van der Waals surface area contributed by atoms with Crippen LogP contribution in [0.15, 0.2) is 24.3 Å². The molecule has 0 saturated carbocycles. The highest BCUT2D eigenvalue weighted by atomic mass is 16.5. The number of unbranched alkanes of at least 4 members (excludes halogenated alkanes) is 2. The van der Waals surface area contributed by atoms with Crippen LogP contribution in [0.2, 0.25) is 0 Å². The lowest BCUT2D eigenvalue weighted by Gasteiger charge is -2.14. The number of carbonyl (C=O) groups is 4. The van der Waals surface area contributed by atoms with Gasteiger partial charge >= 0.3 is 23.9 Å². The minimum atomic E-state index is -1.61. The van der Waals surface area contributed by atoms with Crippen LogP contribution in [0.1, 0.15) is 73.3 Å². The maximum atomic E-state index is 12.6. The maximum absolute atomic E-state index is 12.6. The van der Waals surface area contributed by atoms with Gasteiger partial charge in [0.15, 0.2) is 0 Å². The molecular formula is C22H21NO8. The molecule has 0 spiro atoms. The van der Waals surface area contributed by atoms with Crippen LogP contribution in [0, 0.1) is 0 Å². The molecule has 9 heteroatoms. The molecule has 0 saturated heterocycles. The normalized spacial score (nSPS) is 11.0. The Hall–Kier alpha value is -3.88. The second-order valence-electron chi connectivity index (χ2n) is 7.01. The van der Waals surface area contributed by atoms with Crippen LogP contribution in [0.5, 0.6) is 0 Å². The maximum Gasteiger partial charge on any atom is 0.340 e. The second kappa shape index (κ2) is 8.47. The van der Waals surface area contributed by atoms with E-state index in [9.17, 15) is 34.5 Å². The molecule has 0 atom stereocenters. The van der Waals surface area contributed by atoms with Crippen molar-refractivity contribution in [2.24, 2.45) is 0 Å². The van der Waals surface area contributed by atoms with Crippen LogP contribution >= 0.6 is 0 Å². The molecule has 2 aromatic heterocycles. The molecule has 0 fully saturated rings. The monoisotopic (exact) mass is 427 g/mol. The molecule has 0 unspecified atom stereocenters. The number of nitrogens with zero attached hydrogens (tertiary/aromatic N) is 1. The number of hydrogen-bond acceptors (Lipinski definition) is 5. The lowest BCUT2D eigenvalue weighted by molar-refractivity contribution is 0.0582. The van der Waals surface area contributed by atoms with Crippen LogP contribution in [0.4, 0.5) is 0 Å². The molecule has 3 aromatic rings. The number of carboxylic acid groups (broad SMARTS) is 3. The predicted molar refractivity (Wildman–Crippen MR) is 110 cm³/mol. The number of hydrogen-bond donors (Lipinski definition) is 3. The molecular weight excluding hydrogens is 406 g/mol. The predicted octanol–water partition coefficient (Wildman–Crippen LogP) is 3.71. The minimum Gasteiger partial charge on any atom is -0.478 e. The zero-order valence-electron chi connectivity index (χ0n) is 17.0. The Kier molecular flexibility index (Phi) is 5.96. The van der Waals surface area contributed by atoms with E-state index in [4.69, 9.17) is 4.74 Å². The summed E-state index contributed by atoms with van der Waals surface area (Å²) < 4.78 is 6.20. The zero-order valence-corrected chi connectivity index (χ0v) is 17.0. The van der Waals surface area contributed by atoms with E-state index in [1.165, 1.54) is 10.5 Å². The second-order valence-corrected chi connectivity index (χ2v) is 7.01. The van der Waals surface area contributed by atoms with E-state index in [0.717, 1.165) is 20.0 Å². The summed E-state index contributed by atoms with van der Waals surface area (Å²) in [5, 5.41) is 29.8. The summed E-state index contributed by atoms with van der Waals surface area (Å²) in [4.78, 5) is 49.1. The fourth-order valence-corrected chi connectivity index (χ4v) is 4.00. The number of para-hydroxylation sites is 1. The van der Waals surface area contributed by atoms with Crippen molar-refractivity contribution in [2.45, 2.75) is 32.6 Å². The molecule has 3 rings (SSSR count). The number of aryl methyl sites for hydroxylation is 1. The van der Waals surface area contributed by atoms with Gasteiger partial charge in [0, 0.05) is 11.1 Å². The number of esters is 1. The summed E-state index contributed by atoms with van der Waals surface area (Å²) in [6, 6.07) is 6.21. The first-order valence-electron chi connectivity index (χ1n) is 9.66. The van der Waals surface area contributed by atoms with Gasteiger partial charge in [-0.25, -0.2) is 19.2 Å². The third-order valence-electron chi connectivity index (χ3n) is 5.22. The summed E-state index contributed by atoms with van der Waals surface area (Å²) in [5.41, 5.74) is -1.83. The number of carboxylic acids is 3. The van der Waals surface area contributed by atoms with Crippen molar-refractivity contribution in [3.05, 3.63) is 52.2 Å². The van der Waals surface area contributed by atoms with Gasteiger partial charge in [0.25, 0.3) is 0 Å². The first-order chi connectivity index (χ1) is 14.8. The molecule has 0 aliphatic rings. The highest BCUT2D eigenvalue weighted by Crippen LogP contribution is 2.36. The van der Waals surface area contributed by atoms with Crippen LogP contribution in [-0.4, -0.2) is 50.7 Å². The van der Waals surface area contributed by atoms with Crippen molar-refractivity contribution in [1.82, 2.24) is 4.40 Å². The number of rotatable bonds is 8. The number of carbonyl (C=O) groups excluding carboxylic acids is 1. The molecule has 0 aliphatic carbocycles. The number of aromatic nitrogens is 1. The largest absolute Gasteiger partial charge is 0.478 e. The lowest BCUT2D eigenvalue weighted by atomic mass is 9.99. The van der Waals surface area contributed by atoms with Crippen molar-refractivity contribution in [3.8, 4) is 0 Å². The van der Waals surface area contributed by atoms with Gasteiger partial charge in [-0.1, -0.05) is 38.0 Å². The fraction of sp³-hybridized carbons (Fsp3) is 0.273. The molecule has 2 heterocycles. The average molecular weight is 427 g/mol. The fourth-order valence-electron chi connectivity index (χ4n) is 4.00. The first kappa shape index (κ1) is 21.8. The number of aromatic carboxylic acids is 3. The number of ether oxygens (including phenoxy) is 1. The summed E-state index contributed by atoms with van der Waals surface area (Å²) in [6.07, 6.45) is 2.56. The van der Waals surface area contributed by atoms with Crippen molar-refractivity contribution < 1.29 is 39.2 Å². The van der Waals surface area contributed by atoms with Gasteiger partial charge in [0.2, 0.25) is 0 Å². The van der Waals surface area contributed by atoms with Crippen LogP contribution in [0.3, 0.4) is 0 Å². The van der Waals surface area contributed by atoms with Gasteiger partial charge in [-0.2, -0.15) is 0 Å². The zero-order chi connectivity index (χ0) is 22.9. The van der Waals surface area contributed by atoms with E-state index in [1.807, 2.05) is 6.92 Å². The van der Waals surface area contributed by atoms with E-state index in [1.54, 1.807) is 18.2 Å². The quantitative estimate of drug-likeness (QED) is 0.365. The third-order valence-corrected chi connectivity index (χ3v) is 5.22. The van der Waals surface area contributed by atoms with Crippen LogP contribution < -0.4 is 0 Å². The number of fused-ring (bicyclic) bond motifs is 3. The third kappa shape index (κ3) is 3.48. The van der Waals surface area contributed by atoms with Gasteiger partial charge in [-0.15, -0.1) is 0 Å². The Balaban J connectivity index is 2.70. The summed E-state index contributed by atoms with van der Waals surface area (Å²) in [7, 11) is 1.10. The molecule has 0 radical (unpaired) electrons. The van der Waals surface area contributed by atoms with E-state index in [0.29, 0.717) is 11.9 Å². The van der Waals surface area contributed by atoms with Crippen LogP contribution in [0.25, 0.3) is 16.4 Å². The van der Waals surface area contributed by atoms with Crippen molar-refractivity contribution in [3.63, 3.8) is 0 Å². The molecule has 3 N–H and O–H groups in total. The first-order valence-corrected chi connectivity index (χ1v) is 9.66. The Bertz CT molecular complexity index is 1240. The Morgan fingerprint density at radius 2 is 1.45 bits per heavy atom. The Labute approximate surface area is 176 Å². The Morgan fingerprint density at radius 1 is 0.871 bits per heavy atom. The standard InChI is InChI=1S/C22H21NO8/c1-3-4-5-10-13-15(22(30)31-2)17(21(28)29)18-16(20(26)27)14(19(24)25)11-8-6-7-9-12(11)23(13)18/h6-9H,3-5,10H2,1-2H3,(H,24,25)(H,26,27)(H,28,29). The van der Waals surface area contributed by atoms with Crippen LogP contribution in [-0.2, 0) is 11.2 Å². The SMILES string of the molecule is CCCCCc1c(C(=O)OC)c(C(=O)O)c2c(C(=O)O)c(C(=O)O)c3ccccc3n12. The average Bonchev–Trinajstić information content (AvgIpc) is 3.07. The van der Waals surface area contributed by atoms with Gasteiger partial charge in [0.1, 0.15) is 5.56 Å². The van der Waals surface area contributed by atoms with E-state index >= 15 is 0 Å². The van der Waals surface area contributed by atoms with Gasteiger partial charge in [0.05, 0.1) is 34.8 Å².